The normalized spacial score (nSPS) is 23.7. The van der Waals surface area contributed by atoms with E-state index in [9.17, 15) is 14.7 Å². The topological polar surface area (TPSA) is 69.6 Å². The molecule has 1 atom stereocenters. The van der Waals surface area contributed by atoms with Gasteiger partial charge < -0.3 is 15.3 Å². The van der Waals surface area contributed by atoms with E-state index in [1.54, 1.807) is 6.08 Å². The van der Waals surface area contributed by atoms with Gasteiger partial charge in [0, 0.05) is 13.1 Å². The summed E-state index contributed by atoms with van der Waals surface area (Å²) in [5.74, 6) is -1.04. The number of rotatable bonds is 6. The van der Waals surface area contributed by atoms with Crippen LogP contribution in [0.2, 0.25) is 0 Å². The number of nitrogens with one attached hydrogen (secondary N) is 1. The van der Waals surface area contributed by atoms with Gasteiger partial charge in [0.1, 0.15) is 5.54 Å². The largest absolute Gasteiger partial charge is 0.479 e. The van der Waals surface area contributed by atoms with Crippen LogP contribution in [0.1, 0.15) is 26.2 Å². The number of carbonyl (C=O) groups excluding carboxylic acids is 1. The zero-order valence-corrected chi connectivity index (χ0v) is 10.2. The molecule has 0 radical (unpaired) electrons. The third kappa shape index (κ3) is 2.66. The lowest BCUT2D eigenvalue weighted by atomic mass is 9.93. The number of amides is 1. The Hall–Kier alpha value is -1.36. The molecule has 1 aliphatic rings. The maximum atomic E-state index is 12.0. The second kappa shape index (κ2) is 5.82. The van der Waals surface area contributed by atoms with Crippen LogP contribution in [0.15, 0.2) is 12.7 Å². The van der Waals surface area contributed by atoms with Crippen molar-refractivity contribution in [2.24, 2.45) is 0 Å². The molecule has 1 aliphatic heterocycles. The van der Waals surface area contributed by atoms with Crippen LogP contribution >= 0.6 is 0 Å². The second-order valence-electron chi connectivity index (χ2n) is 4.26. The van der Waals surface area contributed by atoms with E-state index in [4.69, 9.17) is 0 Å². The van der Waals surface area contributed by atoms with Gasteiger partial charge in [0.25, 0.3) is 0 Å². The first-order valence-corrected chi connectivity index (χ1v) is 5.94. The number of nitrogens with zero attached hydrogens (tertiary/aromatic N) is 1. The highest BCUT2D eigenvalue weighted by molar-refractivity contribution is 5.88. The smallest absolute Gasteiger partial charge is 0.329 e. The first-order valence-electron chi connectivity index (χ1n) is 5.94. The maximum absolute atomic E-state index is 12.0. The molecule has 1 saturated heterocycles. The third-order valence-corrected chi connectivity index (χ3v) is 3.34. The van der Waals surface area contributed by atoms with E-state index in [1.165, 1.54) is 4.90 Å². The van der Waals surface area contributed by atoms with E-state index in [2.05, 4.69) is 11.9 Å². The molecular formula is C12H20N2O3. The molecular weight excluding hydrogens is 220 g/mol. The molecule has 1 unspecified atom stereocenters. The number of likely N-dealkylation sites (tertiary alicyclic amines) is 1. The van der Waals surface area contributed by atoms with Gasteiger partial charge in [0.15, 0.2) is 0 Å². The number of carboxylic acids is 1. The van der Waals surface area contributed by atoms with Gasteiger partial charge in [0.2, 0.25) is 5.91 Å². The van der Waals surface area contributed by atoms with Crippen LogP contribution in [-0.4, -0.2) is 47.1 Å². The molecule has 1 amide bonds. The summed E-state index contributed by atoms with van der Waals surface area (Å²) < 4.78 is 0. The number of hydrogen-bond acceptors (Lipinski definition) is 3. The zero-order chi connectivity index (χ0) is 12.9. The summed E-state index contributed by atoms with van der Waals surface area (Å²) in [6.45, 7) is 6.61. The summed E-state index contributed by atoms with van der Waals surface area (Å²) in [7, 11) is 0. The summed E-state index contributed by atoms with van der Waals surface area (Å²) in [5, 5.41) is 12.2. The number of aliphatic carboxylic acids is 1. The van der Waals surface area contributed by atoms with Crippen molar-refractivity contribution in [3.63, 3.8) is 0 Å². The molecule has 5 nitrogen and oxygen atoms in total. The average Bonchev–Trinajstić information content (AvgIpc) is 2.74. The Morgan fingerprint density at radius 1 is 1.59 bits per heavy atom. The molecule has 96 valence electrons. The highest BCUT2D eigenvalue weighted by atomic mass is 16.4. The summed E-state index contributed by atoms with van der Waals surface area (Å²) in [6, 6.07) is 0. The van der Waals surface area contributed by atoms with Crippen molar-refractivity contribution in [2.75, 3.05) is 19.6 Å². The van der Waals surface area contributed by atoms with Gasteiger partial charge in [-0.2, -0.15) is 0 Å². The Morgan fingerprint density at radius 2 is 2.29 bits per heavy atom. The molecule has 0 aromatic heterocycles. The van der Waals surface area contributed by atoms with Crippen molar-refractivity contribution >= 4 is 11.9 Å². The molecule has 0 aromatic rings. The van der Waals surface area contributed by atoms with Crippen LogP contribution in [0, 0.1) is 0 Å². The summed E-state index contributed by atoms with van der Waals surface area (Å²) in [4.78, 5) is 24.8. The summed E-state index contributed by atoms with van der Waals surface area (Å²) in [6.07, 6.45) is 3.43. The van der Waals surface area contributed by atoms with Crippen molar-refractivity contribution in [3.05, 3.63) is 12.7 Å². The lowest BCUT2D eigenvalue weighted by Crippen LogP contribution is -2.54. The van der Waals surface area contributed by atoms with E-state index in [0.717, 1.165) is 6.42 Å². The van der Waals surface area contributed by atoms with E-state index in [1.807, 2.05) is 6.92 Å². The van der Waals surface area contributed by atoms with Gasteiger partial charge in [-0.3, -0.25) is 4.79 Å². The molecule has 0 aliphatic carbocycles. The van der Waals surface area contributed by atoms with Crippen LogP contribution < -0.4 is 5.32 Å². The van der Waals surface area contributed by atoms with Crippen LogP contribution in [-0.2, 0) is 9.59 Å². The maximum Gasteiger partial charge on any atom is 0.329 e. The average molecular weight is 240 g/mol. The second-order valence-corrected chi connectivity index (χ2v) is 4.26. The zero-order valence-electron chi connectivity index (χ0n) is 10.2. The molecule has 17 heavy (non-hydrogen) atoms. The van der Waals surface area contributed by atoms with E-state index < -0.39 is 11.5 Å². The monoisotopic (exact) mass is 240 g/mol. The third-order valence-electron chi connectivity index (χ3n) is 3.34. The molecule has 1 rings (SSSR count). The van der Waals surface area contributed by atoms with Crippen LogP contribution in [0.25, 0.3) is 0 Å². The van der Waals surface area contributed by atoms with Crippen LogP contribution in [0.4, 0.5) is 0 Å². The minimum atomic E-state index is -0.993. The predicted molar refractivity (Wildman–Crippen MR) is 64.7 cm³/mol. The molecule has 0 spiro atoms. The fourth-order valence-electron chi connectivity index (χ4n) is 2.36. The standard InChI is InChI=1S/C12H20N2O3/c1-3-7-13-9-10(15)14-8-5-6-12(14,4-2)11(16)17/h3,13H,1,4-9H2,2H3,(H,16,17). The van der Waals surface area contributed by atoms with Gasteiger partial charge in [-0.1, -0.05) is 13.0 Å². The minimum Gasteiger partial charge on any atom is -0.479 e. The lowest BCUT2D eigenvalue weighted by Gasteiger charge is -2.34. The molecule has 1 heterocycles. The van der Waals surface area contributed by atoms with E-state index in [-0.39, 0.29) is 12.5 Å². The summed E-state index contributed by atoms with van der Waals surface area (Å²) in [5.41, 5.74) is -0.993. The minimum absolute atomic E-state index is 0.145. The van der Waals surface area contributed by atoms with Gasteiger partial charge in [-0.15, -0.1) is 6.58 Å². The van der Waals surface area contributed by atoms with Crippen molar-refractivity contribution in [1.82, 2.24) is 10.2 Å². The molecule has 0 bridgehead atoms. The van der Waals surface area contributed by atoms with Gasteiger partial charge in [-0.05, 0) is 19.3 Å². The Bertz CT molecular complexity index is 317. The first kappa shape index (κ1) is 13.7. The van der Waals surface area contributed by atoms with Gasteiger partial charge in [-0.25, -0.2) is 4.79 Å². The lowest BCUT2D eigenvalue weighted by molar-refractivity contribution is -0.156. The van der Waals surface area contributed by atoms with Gasteiger partial charge in [0.05, 0.1) is 6.54 Å². The fraction of sp³-hybridized carbons (Fsp3) is 0.667. The highest BCUT2D eigenvalue weighted by Crippen LogP contribution is 2.32. The van der Waals surface area contributed by atoms with Gasteiger partial charge >= 0.3 is 5.97 Å². The number of carboxylic acid groups (broad SMARTS) is 1. The SMILES string of the molecule is C=CCNCC(=O)N1CCCC1(CC)C(=O)O. The van der Waals surface area contributed by atoms with Crippen LogP contribution in [0.5, 0.6) is 0 Å². The van der Waals surface area contributed by atoms with Crippen molar-refractivity contribution in [3.8, 4) is 0 Å². The molecule has 0 saturated carbocycles. The van der Waals surface area contributed by atoms with Crippen LogP contribution in [0.3, 0.4) is 0 Å². The molecule has 5 heteroatoms. The number of carbonyl (C=O) groups is 2. The highest BCUT2D eigenvalue weighted by Gasteiger charge is 2.48. The molecule has 1 fully saturated rings. The fourth-order valence-corrected chi connectivity index (χ4v) is 2.36. The number of hydrogen-bond donors (Lipinski definition) is 2. The van der Waals surface area contributed by atoms with Crippen molar-refractivity contribution in [1.29, 1.82) is 0 Å². The molecule has 2 N–H and O–H groups in total. The Labute approximate surface area is 101 Å². The Morgan fingerprint density at radius 3 is 2.82 bits per heavy atom. The quantitative estimate of drug-likeness (QED) is 0.527. The summed E-state index contributed by atoms with van der Waals surface area (Å²) >= 11 is 0. The first-order chi connectivity index (χ1) is 8.08. The predicted octanol–water partition coefficient (Wildman–Crippen LogP) is 0.618. The van der Waals surface area contributed by atoms with Crippen molar-refractivity contribution < 1.29 is 14.7 Å². The Balaban J connectivity index is 2.70. The van der Waals surface area contributed by atoms with E-state index in [0.29, 0.717) is 25.9 Å². The van der Waals surface area contributed by atoms with Crippen molar-refractivity contribution in [2.45, 2.75) is 31.7 Å². The Kier molecular flexibility index (Phi) is 4.69. The molecule has 0 aromatic carbocycles. The van der Waals surface area contributed by atoms with E-state index >= 15 is 0 Å².